The molecule has 0 aliphatic rings. The molecular formula is C16H17IN2O. The van der Waals surface area contributed by atoms with E-state index >= 15 is 0 Å². The van der Waals surface area contributed by atoms with Gasteiger partial charge in [-0.1, -0.05) is 31.2 Å². The minimum absolute atomic E-state index is 0.0735. The summed E-state index contributed by atoms with van der Waals surface area (Å²) in [6, 6.07) is 15.5. The van der Waals surface area contributed by atoms with Crippen LogP contribution in [0.2, 0.25) is 0 Å². The predicted octanol–water partition coefficient (Wildman–Crippen LogP) is 3.65. The maximum atomic E-state index is 12.2. The smallest absolute Gasteiger partial charge is 0.256 e. The van der Waals surface area contributed by atoms with Gasteiger partial charge in [0.25, 0.3) is 5.91 Å². The largest absolute Gasteiger partial charge is 0.322 e. The number of carbonyl (C=O) groups excluding carboxylic acids is 1. The average Bonchev–Trinajstić information content (AvgIpc) is 2.46. The Hall–Kier alpha value is -1.40. The molecule has 0 saturated heterocycles. The fourth-order valence-corrected chi connectivity index (χ4v) is 2.50. The van der Waals surface area contributed by atoms with Crippen molar-refractivity contribution in [2.24, 2.45) is 0 Å². The number of carbonyl (C=O) groups is 1. The van der Waals surface area contributed by atoms with Crippen LogP contribution in [0.25, 0.3) is 0 Å². The van der Waals surface area contributed by atoms with E-state index in [9.17, 15) is 4.79 Å². The third-order valence-corrected chi connectivity index (χ3v) is 3.82. The lowest BCUT2D eigenvalue weighted by atomic mass is 10.1. The first-order valence-electron chi connectivity index (χ1n) is 6.56. The van der Waals surface area contributed by atoms with E-state index in [-0.39, 0.29) is 5.91 Å². The third kappa shape index (κ3) is 4.05. The molecule has 3 nitrogen and oxygen atoms in total. The van der Waals surface area contributed by atoms with Crippen LogP contribution < -0.4 is 10.6 Å². The Morgan fingerprint density at radius 2 is 1.95 bits per heavy atom. The summed E-state index contributed by atoms with van der Waals surface area (Å²) in [5, 5.41) is 6.22. The maximum absolute atomic E-state index is 12.2. The molecule has 2 aromatic carbocycles. The van der Waals surface area contributed by atoms with Gasteiger partial charge in [0.2, 0.25) is 0 Å². The predicted molar refractivity (Wildman–Crippen MR) is 90.9 cm³/mol. The normalized spacial score (nSPS) is 10.3. The van der Waals surface area contributed by atoms with E-state index in [1.54, 1.807) is 0 Å². The molecule has 2 N–H and O–H groups in total. The third-order valence-electron chi connectivity index (χ3n) is 2.88. The first kappa shape index (κ1) is 15.0. The highest BCUT2D eigenvalue weighted by atomic mass is 127. The van der Waals surface area contributed by atoms with E-state index < -0.39 is 0 Å². The van der Waals surface area contributed by atoms with Crippen molar-refractivity contribution in [1.82, 2.24) is 5.32 Å². The topological polar surface area (TPSA) is 41.1 Å². The van der Waals surface area contributed by atoms with Crippen molar-refractivity contribution in [2.75, 3.05) is 11.9 Å². The summed E-state index contributed by atoms with van der Waals surface area (Å²) in [5.41, 5.74) is 2.68. The monoisotopic (exact) mass is 380 g/mol. The highest BCUT2D eigenvalue weighted by Crippen LogP contribution is 2.15. The number of benzene rings is 2. The second-order valence-corrected chi connectivity index (χ2v) is 5.58. The van der Waals surface area contributed by atoms with Gasteiger partial charge in [-0.25, -0.2) is 0 Å². The standard InChI is InChI=1S/C16H17IN2O/c1-2-18-11-12-6-5-7-13(10-12)19-16(20)14-8-3-4-9-15(14)17/h3-10,18H,2,11H2,1H3,(H,19,20). The number of nitrogens with one attached hydrogen (secondary N) is 2. The second-order valence-electron chi connectivity index (χ2n) is 4.41. The van der Waals surface area contributed by atoms with Gasteiger partial charge in [0.15, 0.2) is 0 Å². The summed E-state index contributed by atoms with van der Waals surface area (Å²) in [6.45, 7) is 3.81. The molecule has 1 amide bonds. The average molecular weight is 380 g/mol. The fraction of sp³-hybridized carbons (Fsp3) is 0.188. The van der Waals surface area contributed by atoms with E-state index in [1.807, 2.05) is 48.5 Å². The van der Waals surface area contributed by atoms with Crippen LogP contribution in [0.1, 0.15) is 22.8 Å². The van der Waals surface area contributed by atoms with E-state index in [0.29, 0.717) is 5.56 Å². The number of anilines is 1. The summed E-state index contributed by atoms with van der Waals surface area (Å²) in [5.74, 6) is -0.0735. The molecule has 2 aromatic rings. The van der Waals surface area contributed by atoms with Crippen molar-refractivity contribution in [3.05, 3.63) is 63.2 Å². The van der Waals surface area contributed by atoms with Gasteiger partial charge in [-0.15, -0.1) is 0 Å². The van der Waals surface area contributed by atoms with Crippen LogP contribution in [0.3, 0.4) is 0 Å². The lowest BCUT2D eigenvalue weighted by molar-refractivity contribution is 0.102. The summed E-state index contributed by atoms with van der Waals surface area (Å²) < 4.78 is 0.950. The summed E-state index contributed by atoms with van der Waals surface area (Å²) in [6.07, 6.45) is 0. The van der Waals surface area contributed by atoms with Gasteiger partial charge in [0.05, 0.1) is 5.56 Å². The molecular weight excluding hydrogens is 363 g/mol. The Kier molecular flexibility index (Phi) is 5.55. The Balaban J connectivity index is 2.10. The van der Waals surface area contributed by atoms with Crippen LogP contribution in [-0.2, 0) is 6.54 Å². The molecule has 0 radical (unpaired) electrons. The summed E-state index contributed by atoms with van der Waals surface area (Å²) in [4.78, 5) is 12.2. The van der Waals surface area contributed by atoms with Gasteiger partial charge < -0.3 is 10.6 Å². The van der Waals surface area contributed by atoms with Crippen molar-refractivity contribution in [3.63, 3.8) is 0 Å². The number of hydrogen-bond acceptors (Lipinski definition) is 2. The van der Waals surface area contributed by atoms with Crippen LogP contribution >= 0.6 is 22.6 Å². The minimum Gasteiger partial charge on any atom is -0.322 e. The molecule has 2 rings (SSSR count). The minimum atomic E-state index is -0.0735. The van der Waals surface area contributed by atoms with Crippen LogP contribution in [-0.4, -0.2) is 12.5 Å². The number of halogens is 1. The van der Waals surface area contributed by atoms with Gasteiger partial charge >= 0.3 is 0 Å². The molecule has 0 heterocycles. The molecule has 0 aliphatic heterocycles. The number of amides is 1. The Labute approximate surface area is 132 Å². The molecule has 0 spiro atoms. The van der Waals surface area contributed by atoms with Crippen molar-refractivity contribution >= 4 is 34.2 Å². The lowest BCUT2D eigenvalue weighted by Gasteiger charge is -2.09. The molecule has 104 valence electrons. The molecule has 20 heavy (non-hydrogen) atoms. The van der Waals surface area contributed by atoms with Crippen LogP contribution in [0.4, 0.5) is 5.69 Å². The Bertz CT molecular complexity index is 599. The summed E-state index contributed by atoms with van der Waals surface area (Å²) in [7, 11) is 0. The molecule has 0 atom stereocenters. The van der Waals surface area contributed by atoms with Crippen LogP contribution in [0, 0.1) is 3.57 Å². The zero-order chi connectivity index (χ0) is 14.4. The quantitative estimate of drug-likeness (QED) is 0.778. The maximum Gasteiger partial charge on any atom is 0.256 e. The molecule has 0 unspecified atom stereocenters. The van der Waals surface area contributed by atoms with E-state index in [4.69, 9.17) is 0 Å². The van der Waals surface area contributed by atoms with Gasteiger partial charge in [-0.3, -0.25) is 4.79 Å². The molecule has 0 aromatic heterocycles. The lowest BCUT2D eigenvalue weighted by Crippen LogP contribution is -2.14. The van der Waals surface area contributed by atoms with Crippen molar-refractivity contribution in [3.8, 4) is 0 Å². The molecule has 0 aliphatic carbocycles. The Morgan fingerprint density at radius 3 is 2.70 bits per heavy atom. The fourth-order valence-electron chi connectivity index (χ4n) is 1.87. The molecule has 0 bridgehead atoms. The van der Waals surface area contributed by atoms with Crippen molar-refractivity contribution in [1.29, 1.82) is 0 Å². The first-order chi connectivity index (χ1) is 9.70. The molecule has 4 heteroatoms. The van der Waals surface area contributed by atoms with E-state index in [2.05, 4.69) is 40.1 Å². The summed E-state index contributed by atoms with van der Waals surface area (Å²) >= 11 is 2.17. The van der Waals surface area contributed by atoms with Gasteiger partial charge in [-0.05, 0) is 59.0 Å². The van der Waals surface area contributed by atoms with Crippen LogP contribution in [0.15, 0.2) is 48.5 Å². The zero-order valence-electron chi connectivity index (χ0n) is 11.3. The molecule has 0 fully saturated rings. The van der Waals surface area contributed by atoms with Crippen LogP contribution in [0.5, 0.6) is 0 Å². The number of rotatable bonds is 5. The number of hydrogen-bond donors (Lipinski definition) is 2. The van der Waals surface area contributed by atoms with Gasteiger partial charge in [0.1, 0.15) is 0 Å². The highest BCUT2D eigenvalue weighted by Gasteiger charge is 2.09. The first-order valence-corrected chi connectivity index (χ1v) is 7.64. The van der Waals surface area contributed by atoms with E-state index in [1.165, 1.54) is 0 Å². The van der Waals surface area contributed by atoms with Gasteiger partial charge in [-0.2, -0.15) is 0 Å². The SMILES string of the molecule is CCNCc1cccc(NC(=O)c2ccccc2I)c1. The van der Waals surface area contributed by atoms with E-state index in [0.717, 1.165) is 27.9 Å². The highest BCUT2D eigenvalue weighted by molar-refractivity contribution is 14.1. The molecule has 0 saturated carbocycles. The zero-order valence-corrected chi connectivity index (χ0v) is 13.5. The Morgan fingerprint density at radius 1 is 1.15 bits per heavy atom. The van der Waals surface area contributed by atoms with Crippen molar-refractivity contribution in [2.45, 2.75) is 13.5 Å². The van der Waals surface area contributed by atoms with Crippen molar-refractivity contribution < 1.29 is 4.79 Å². The van der Waals surface area contributed by atoms with Gasteiger partial charge in [0, 0.05) is 15.8 Å². The second kappa shape index (κ2) is 7.40.